The number of hydrogen-bond donors (Lipinski definition) is 0. The maximum absolute atomic E-state index is 8.95. The van der Waals surface area contributed by atoms with Gasteiger partial charge in [-0.3, -0.25) is 0 Å². The average Bonchev–Trinajstić information content (AvgIpc) is 1.93. The predicted molar refractivity (Wildman–Crippen MR) is 43.1 cm³/mol. The number of rotatable bonds is 4. The Hall–Kier alpha value is 0.860. The van der Waals surface area contributed by atoms with Gasteiger partial charge in [-0.2, -0.15) is 0 Å². The smallest absolute Gasteiger partial charge is 1.00 e. The summed E-state index contributed by atoms with van der Waals surface area (Å²) in [4.78, 5) is 0. The van der Waals surface area contributed by atoms with E-state index in [0.717, 1.165) is 0 Å². The molecule has 0 heterocycles. The molecule has 0 saturated heterocycles. The van der Waals surface area contributed by atoms with E-state index in [1.54, 1.807) is 0 Å². The molecule has 0 spiro atoms. The molecule has 0 radical (unpaired) electrons. The van der Waals surface area contributed by atoms with Crippen LogP contribution in [-0.4, -0.2) is 51.3 Å². The van der Waals surface area contributed by atoms with E-state index in [1.165, 1.54) is 0 Å². The normalized spacial score (nSPS) is 2.35. The van der Waals surface area contributed by atoms with Gasteiger partial charge in [0.05, 0.1) is 0 Å². The fourth-order valence-corrected chi connectivity index (χ4v) is 0.0454. The summed E-state index contributed by atoms with van der Waals surface area (Å²) >= 11 is 0. The second-order valence-corrected chi connectivity index (χ2v) is 0.657. The summed E-state index contributed by atoms with van der Waals surface area (Å²) < 4.78 is 42.8. The first-order valence-electron chi connectivity index (χ1n) is 1.89. The Balaban J connectivity index is -0.00000000762. The minimum atomic E-state index is 0. The van der Waals surface area contributed by atoms with Crippen LogP contribution >= 0.6 is 0 Å². The molecular formula is H8B4Na2O11. The minimum Gasteiger partial charge on any atom is -2.00 e. The van der Waals surface area contributed by atoms with E-state index in [2.05, 4.69) is 9.14 Å². The van der Waals surface area contributed by atoms with Gasteiger partial charge in [0.15, 0.2) is 0 Å². The monoisotopic (exact) mass is 274 g/mol. The quantitative estimate of drug-likeness (QED) is 0.449. The van der Waals surface area contributed by atoms with Crippen LogP contribution in [0.4, 0.5) is 0 Å². The molecule has 0 fully saturated rings. The molecule has 0 aliphatic rings. The largest absolute Gasteiger partial charge is 2.00 e. The second kappa shape index (κ2) is 90.1. The van der Waals surface area contributed by atoms with E-state index >= 15 is 0 Å². The van der Waals surface area contributed by atoms with Crippen LogP contribution in [0.25, 0.3) is 0 Å². The van der Waals surface area contributed by atoms with Crippen molar-refractivity contribution in [3.05, 3.63) is 0 Å². The van der Waals surface area contributed by atoms with Gasteiger partial charge in [0.1, 0.15) is 0 Å². The first kappa shape index (κ1) is 64.7. The summed E-state index contributed by atoms with van der Waals surface area (Å²) in [6.07, 6.45) is 0. The first-order chi connectivity index (χ1) is 4.83. The fourth-order valence-electron chi connectivity index (χ4n) is 0.0454. The summed E-state index contributed by atoms with van der Waals surface area (Å²) in [5.41, 5.74) is 0. The molecule has 11 nitrogen and oxygen atoms in total. The van der Waals surface area contributed by atoms with Gasteiger partial charge in [-0.15, -0.1) is 0 Å². The Morgan fingerprint density at radius 2 is 0.647 bits per heavy atom. The third-order valence-corrected chi connectivity index (χ3v) is 0.222. The molecular weight excluding hydrogens is 265 g/mol. The van der Waals surface area contributed by atoms with Crippen molar-refractivity contribution in [1.29, 1.82) is 0 Å². The zero-order chi connectivity index (χ0) is 8.24. The second-order valence-electron chi connectivity index (χ2n) is 0.657. The van der Waals surface area contributed by atoms with Gasteiger partial charge in [0.25, 0.3) is 0 Å². The molecule has 88 valence electrons. The van der Waals surface area contributed by atoms with E-state index in [9.17, 15) is 0 Å². The van der Waals surface area contributed by atoms with Crippen LogP contribution in [0, 0.1) is 0 Å². The van der Waals surface area contributed by atoms with Crippen molar-refractivity contribution < 1.29 is 114 Å². The van der Waals surface area contributed by atoms with Gasteiger partial charge in [0, 0.05) is 0 Å². The van der Waals surface area contributed by atoms with Crippen molar-refractivity contribution in [2.45, 2.75) is 0 Å². The topological polar surface area (TPSA) is 241 Å². The van der Waals surface area contributed by atoms with Crippen LogP contribution < -0.4 is 59.1 Å². The van der Waals surface area contributed by atoms with Crippen LogP contribution in [-0.2, 0) is 33.4 Å². The predicted octanol–water partition coefficient (Wildman–Crippen LogP) is -11.5. The van der Waals surface area contributed by atoms with Crippen molar-refractivity contribution >= 4 is 29.4 Å². The Morgan fingerprint density at radius 1 is 0.529 bits per heavy atom. The van der Waals surface area contributed by atoms with Crippen LogP contribution in [0.2, 0.25) is 0 Å². The van der Waals surface area contributed by atoms with Crippen LogP contribution in [0.5, 0.6) is 0 Å². The van der Waals surface area contributed by atoms with Gasteiger partial charge in [-0.05, 0) is 0 Å². The third kappa shape index (κ3) is 158. The minimum absolute atomic E-state index is 0. The molecule has 0 saturated carbocycles. The van der Waals surface area contributed by atoms with Gasteiger partial charge >= 0.3 is 116 Å². The van der Waals surface area contributed by atoms with Crippen molar-refractivity contribution in [3.8, 4) is 0 Å². The SMILES string of the molecule is O.O.O.O.O=BOB=O.O=BOB=O.[Na+].[Na+].[O-2]. The van der Waals surface area contributed by atoms with Crippen LogP contribution in [0.1, 0.15) is 0 Å². The standard InChI is InChI=1S/2B2O3.2Na.4H2O.O/c2*3-1-5-2-4;;;;;;;/h;;;;4*1H2;/q;;2*+1;;;;;-2. The Bertz CT molecular complexity index is 94.0. The third-order valence-electron chi connectivity index (χ3n) is 0.222. The molecule has 0 aromatic rings. The van der Waals surface area contributed by atoms with Gasteiger partial charge in [-0.25, -0.2) is 0 Å². The first-order valence-corrected chi connectivity index (χ1v) is 1.89. The van der Waals surface area contributed by atoms with E-state index in [-0.39, 0.29) is 116 Å². The molecule has 0 unspecified atom stereocenters. The summed E-state index contributed by atoms with van der Waals surface area (Å²) in [6.45, 7) is 0. The Morgan fingerprint density at radius 3 is 0.647 bits per heavy atom. The molecule has 17 heavy (non-hydrogen) atoms. The van der Waals surface area contributed by atoms with Gasteiger partial charge in [-0.1, -0.05) is 0 Å². The number of hydrogen-bond acceptors (Lipinski definition) is 6. The zero-order valence-electron chi connectivity index (χ0n) is 9.17. The molecule has 17 heteroatoms. The van der Waals surface area contributed by atoms with E-state index in [4.69, 9.17) is 18.8 Å². The maximum Gasteiger partial charge on any atom is 1.00 e. The molecule has 0 aromatic carbocycles. The summed E-state index contributed by atoms with van der Waals surface area (Å²) in [7, 11) is 0.250. The molecule has 0 bridgehead atoms. The Kier molecular flexibility index (Phi) is 343. The summed E-state index contributed by atoms with van der Waals surface area (Å²) in [5.74, 6) is 0. The average molecular weight is 273 g/mol. The van der Waals surface area contributed by atoms with Gasteiger partial charge < -0.3 is 27.4 Å². The van der Waals surface area contributed by atoms with Crippen molar-refractivity contribution in [1.82, 2.24) is 0 Å². The molecule has 0 aliphatic carbocycles. The molecule has 0 atom stereocenters. The molecule has 8 N–H and O–H groups in total. The molecule has 0 amide bonds. The van der Waals surface area contributed by atoms with Crippen LogP contribution in [0.15, 0.2) is 0 Å². The Labute approximate surface area is 143 Å². The van der Waals surface area contributed by atoms with E-state index in [1.807, 2.05) is 0 Å². The van der Waals surface area contributed by atoms with Crippen molar-refractivity contribution in [2.24, 2.45) is 0 Å². The molecule has 0 aliphatic heterocycles. The zero-order valence-corrected chi connectivity index (χ0v) is 13.2. The fraction of sp³-hybridized carbons (Fsp3) is 0. The van der Waals surface area contributed by atoms with E-state index in [0.29, 0.717) is 0 Å². The summed E-state index contributed by atoms with van der Waals surface area (Å²) in [6, 6.07) is 0. The maximum atomic E-state index is 8.95. The molecule has 0 rings (SSSR count). The van der Waals surface area contributed by atoms with Gasteiger partial charge in [0.2, 0.25) is 0 Å². The van der Waals surface area contributed by atoms with E-state index < -0.39 is 0 Å². The van der Waals surface area contributed by atoms with Crippen molar-refractivity contribution in [3.63, 3.8) is 0 Å². The molecule has 0 aromatic heterocycles. The summed E-state index contributed by atoms with van der Waals surface area (Å²) in [5, 5.41) is 0. The van der Waals surface area contributed by atoms with Crippen LogP contribution in [0.3, 0.4) is 0 Å². The van der Waals surface area contributed by atoms with Crippen molar-refractivity contribution in [2.75, 3.05) is 0 Å².